The Morgan fingerprint density at radius 3 is 2.40 bits per heavy atom. The molecule has 0 radical (unpaired) electrons. The molecule has 1 amide bonds. The highest BCUT2D eigenvalue weighted by molar-refractivity contribution is 5.93. The molecule has 0 unspecified atom stereocenters. The lowest BCUT2D eigenvalue weighted by Gasteiger charge is -2.32. The van der Waals surface area contributed by atoms with Crippen molar-refractivity contribution < 1.29 is 9.90 Å². The molecule has 0 aliphatic heterocycles. The summed E-state index contributed by atoms with van der Waals surface area (Å²) in [4.78, 5) is 20.6. The quantitative estimate of drug-likeness (QED) is 0.333. The maximum Gasteiger partial charge on any atom is 0.411 e. The number of hydrogen-bond donors (Lipinski definition) is 2. The predicted octanol–water partition coefficient (Wildman–Crippen LogP) is 6.61. The van der Waals surface area contributed by atoms with Crippen LogP contribution in [0.4, 0.5) is 22.0 Å². The van der Waals surface area contributed by atoms with Crippen LogP contribution in [0.2, 0.25) is 0 Å². The fourth-order valence-corrected chi connectivity index (χ4v) is 5.20. The molecule has 0 bridgehead atoms. The average molecular weight is 469 g/mol. The highest BCUT2D eigenvalue weighted by atomic mass is 16.4. The zero-order chi connectivity index (χ0) is 24.4. The minimum absolute atomic E-state index is 0.342. The van der Waals surface area contributed by atoms with Gasteiger partial charge >= 0.3 is 6.09 Å². The SMILES string of the molecule is CN(C)c1cc(N[C@H]2CC[C@@H](CN(C(=O)O)c3ccc4ccccc4c3)CC2)nc2ccccc12. The molecule has 1 saturated carbocycles. The van der Waals surface area contributed by atoms with Crippen LogP contribution in [-0.2, 0) is 0 Å². The summed E-state index contributed by atoms with van der Waals surface area (Å²) in [5.74, 6) is 1.25. The van der Waals surface area contributed by atoms with Gasteiger partial charge in [0.15, 0.2) is 0 Å². The first kappa shape index (κ1) is 23.0. The summed E-state index contributed by atoms with van der Waals surface area (Å²) in [5, 5.41) is 16.9. The molecule has 5 rings (SSSR count). The van der Waals surface area contributed by atoms with E-state index in [-0.39, 0.29) is 0 Å². The van der Waals surface area contributed by atoms with Gasteiger partial charge in [-0.25, -0.2) is 9.78 Å². The molecule has 180 valence electrons. The van der Waals surface area contributed by atoms with Gasteiger partial charge in [-0.1, -0.05) is 48.5 Å². The molecular weight excluding hydrogens is 436 g/mol. The molecule has 0 saturated heterocycles. The molecule has 0 atom stereocenters. The number of benzene rings is 3. The van der Waals surface area contributed by atoms with E-state index >= 15 is 0 Å². The fraction of sp³-hybridized carbons (Fsp3) is 0.310. The van der Waals surface area contributed by atoms with Crippen LogP contribution < -0.4 is 15.1 Å². The van der Waals surface area contributed by atoms with E-state index < -0.39 is 6.09 Å². The van der Waals surface area contributed by atoms with Crippen molar-refractivity contribution in [3.05, 3.63) is 72.8 Å². The molecular formula is C29H32N4O2. The van der Waals surface area contributed by atoms with Crippen molar-refractivity contribution in [3.8, 4) is 0 Å². The average Bonchev–Trinajstić information content (AvgIpc) is 2.87. The van der Waals surface area contributed by atoms with Crippen LogP contribution in [0.1, 0.15) is 25.7 Å². The monoisotopic (exact) mass is 468 g/mol. The highest BCUT2D eigenvalue weighted by Crippen LogP contribution is 2.32. The molecule has 6 nitrogen and oxygen atoms in total. The first-order chi connectivity index (χ1) is 17.0. The van der Waals surface area contributed by atoms with E-state index in [4.69, 9.17) is 4.98 Å². The molecule has 1 aliphatic carbocycles. The highest BCUT2D eigenvalue weighted by Gasteiger charge is 2.26. The van der Waals surface area contributed by atoms with Gasteiger partial charge in [0.25, 0.3) is 0 Å². The Morgan fingerprint density at radius 1 is 0.943 bits per heavy atom. The maximum atomic E-state index is 12.1. The number of nitrogens with one attached hydrogen (secondary N) is 1. The zero-order valence-corrected chi connectivity index (χ0v) is 20.3. The number of carbonyl (C=O) groups is 1. The van der Waals surface area contributed by atoms with E-state index in [1.54, 1.807) is 0 Å². The first-order valence-corrected chi connectivity index (χ1v) is 12.3. The molecule has 35 heavy (non-hydrogen) atoms. The van der Waals surface area contributed by atoms with Crippen molar-refractivity contribution >= 4 is 45.0 Å². The van der Waals surface area contributed by atoms with Gasteiger partial charge in [-0.2, -0.15) is 0 Å². The van der Waals surface area contributed by atoms with Crippen molar-refractivity contribution in [2.75, 3.05) is 35.8 Å². The number of fused-ring (bicyclic) bond motifs is 2. The summed E-state index contributed by atoms with van der Waals surface area (Å²) in [6.07, 6.45) is 3.09. The van der Waals surface area contributed by atoms with E-state index in [9.17, 15) is 9.90 Å². The number of hydrogen-bond acceptors (Lipinski definition) is 4. The summed E-state index contributed by atoms with van der Waals surface area (Å²) in [5.41, 5.74) is 2.88. The van der Waals surface area contributed by atoms with Crippen molar-refractivity contribution in [2.24, 2.45) is 5.92 Å². The number of anilines is 3. The van der Waals surface area contributed by atoms with E-state index in [0.717, 1.165) is 64.6 Å². The Morgan fingerprint density at radius 2 is 1.66 bits per heavy atom. The smallest absolute Gasteiger partial charge is 0.411 e. The Balaban J connectivity index is 1.24. The van der Waals surface area contributed by atoms with Crippen LogP contribution in [0.25, 0.3) is 21.7 Å². The van der Waals surface area contributed by atoms with Gasteiger partial charge in [0.1, 0.15) is 5.82 Å². The third-order valence-corrected chi connectivity index (χ3v) is 7.09. The third kappa shape index (κ3) is 5.02. The van der Waals surface area contributed by atoms with E-state index in [2.05, 4.69) is 42.5 Å². The van der Waals surface area contributed by atoms with Gasteiger partial charge in [0.2, 0.25) is 0 Å². The van der Waals surface area contributed by atoms with Gasteiger partial charge in [-0.15, -0.1) is 0 Å². The number of carboxylic acid groups (broad SMARTS) is 1. The van der Waals surface area contributed by atoms with E-state index in [1.807, 2.05) is 54.6 Å². The molecule has 1 aromatic heterocycles. The summed E-state index contributed by atoms with van der Waals surface area (Å²) in [6, 6.07) is 24.6. The molecule has 0 spiro atoms. The largest absolute Gasteiger partial charge is 0.465 e. The first-order valence-electron chi connectivity index (χ1n) is 12.3. The van der Waals surface area contributed by atoms with Crippen molar-refractivity contribution in [1.82, 2.24) is 4.98 Å². The third-order valence-electron chi connectivity index (χ3n) is 7.09. The lowest BCUT2D eigenvalue weighted by Crippen LogP contribution is -2.37. The van der Waals surface area contributed by atoms with Gasteiger partial charge in [0, 0.05) is 49.5 Å². The molecule has 1 fully saturated rings. The Hall–Kier alpha value is -3.80. The van der Waals surface area contributed by atoms with Gasteiger partial charge < -0.3 is 15.3 Å². The fourth-order valence-electron chi connectivity index (χ4n) is 5.20. The van der Waals surface area contributed by atoms with Crippen molar-refractivity contribution in [3.63, 3.8) is 0 Å². The molecule has 3 aromatic carbocycles. The molecule has 1 heterocycles. The summed E-state index contributed by atoms with van der Waals surface area (Å²) in [7, 11) is 4.11. The van der Waals surface area contributed by atoms with E-state index in [0.29, 0.717) is 18.5 Å². The van der Waals surface area contributed by atoms with E-state index in [1.165, 1.54) is 4.90 Å². The van der Waals surface area contributed by atoms with Gasteiger partial charge in [-0.05, 0) is 60.6 Å². The number of nitrogens with zero attached hydrogens (tertiary/aromatic N) is 3. The minimum atomic E-state index is -0.892. The number of amides is 1. The summed E-state index contributed by atoms with van der Waals surface area (Å²) < 4.78 is 0. The van der Waals surface area contributed by atoms with Crippen LogP contribution in [0.15, 0.2) is 72.8 Å². The maximum absolute atomic E-state index is 12.1. The number of aromatic nitrogens is 1. The topological polar surface area (TPSA) is 68.7 Å². The van der Waals surface area contributed by atoms with Crippen molar-refractivity contribution in [2.45, 2.75) is 31.7 Å². The van der Waals surface area contributed by atoms with Crippen LogP contribution in [0.5, 0.6) is 0 Å². The minimum Gasteiger partial charge on any atom is -0.465 e. The number of rotatable bonds is 6. The summed E-state index contributed by atoms with van der Waals surface area (Å²) in [6.45, 7) is 0.527. The normalized spacial score (nSPS) is 17.9. The second-order valence-corrected chi connectivity index (χ2v) is 9.72. The Bertz CT molecular complexity index is 1350. The number of pyridine rings is 1. The zero-order valence-electron chi connectivity index (χ0n) is 20.3. The lowest BCUT2D eigenvalue weighted by molar-refractivity contribution is 0.199. The van der Waals surface area contributed by atoms with Crippen LogP contribution in [0.3, 0.4) is 0 Å². The molecule has 2 N–H and O–H groups in total. The summed E-state index contributed by atoms with van der Waals surface area (Å²) >= 11 is 0. The second-order valence-electron chi connectivity index (χ2n) is 9.72. The Kier molecular flexibility index (Phi) is 6.45. The predicted molar refractivity (Wildman–Crippen MR) is 145 cm³/mol. The Labute approximate surface area is 206 Å². The standard InChI is InChI=1S/C29H32N4O2/c1-32(2)27-18-28(31-26-10-6-5-9-25(26)27)30-23-14-11-20(12-15-23)19-33(29(34)35)24-16-13-21-7-3-4-8-22(21)17-24/h3-10,13,16-18,20,23H,11-12,14-15,19H2,1-2H3,(H,30,31)(H,34,35)/t20-,23+. The van der Waals surface area contributed by atoms with Crippen LogP contribution in [-0.4, -0.2) is 42.9 Å². The lowest BCUT2D eigenvalue weighted by atomic mass is 9.85. The van der Waals surface area contributed by atoms with Gasteiger partial charge in [-0.3, -0.25) is 4.90 Å². The number of para-hydroxylation sites is 1. The van der Waals surface area contributed by atoms with Crippen LogP contribution >= 0.6 is 0 Å². The molecule has 6 heteroatoms. The molecule has 4 aromatic rings. The molecule has 1 aliphatic rings. The second kappa shape index (κ2) is 9.82. The van der Waals surface area contributed by atoms with Crippen molar-refractivity contribution in [1.29, 1.82) is 0 Å². The van der Waals surface area contributed by atoms with Crippen LogP contribution in [0, 0.1) is 5.92 Å². The van der Waals surface area contributed by atoms with Gasteiger partial charge in [0.05, 0.1) is 5.52 Å².